The van der Waals surface area contributed by atoms with Crippen molar-refractivity contribution in [3.8, 4) is 11.5 Å². The Labute approximate surface area is 124 Å². The lowest BCUT2D eigenvalue weighted by Crippen LogP contribution is -2.26. The second-order valence-electron chi connectivity index (χ2n) is 4.96. The second-order valence-corrected chi connectivity index (χ2v) is 7.03. The van der Waals surface area contributed by atoms with Crippen molar-refractivity contribution >= 4 is 7.60 Å². The quantitative estimate of drug-likeness (QED) is 0.847. The van der Waals surface area contributed by atoms with Crippen LogP contribution in [0.15, 0.2) is 60.7 Å². The predicted octanol–water partition coefficient (Wildman–Crippen LogP) is 4.05. The molecule has 2 aromatic rings. The first kappa shape index (κ1) is 14.2. The Hall–Kier alpha value is -1.77. The van der Waals surface area contributed by atoms with Crippen LogP contribution in [0.1, 0.15) is 12.8 Å². The number of benzene rings is 2. The highest BCUT2D eigenvalue weighted by atomic mass is 31.2. The molecule has 0 spiro atoms. The average Bonchev–Trinajstić information content (AvgIpc) is 3.04. The Kier molecular flexibility index (Phi) is 4.28. The van der Waals surface area contributed by atoms with Gasteiger partial charge in [-0.05, 0) is 43.7 Å². The molecule has 0 aromatic heterocycles. The van der Waals surface area contributed by atoms with E-state index in [0.29, 0.717) is 11.5 Å². The van der Waals surface area contributed by atoms with Gasteiger partial charge < -0.3 is 14.4 Å². The summed E-state index contributed by atoms with van der Waals surface area (Å²) < 4.78 is 24.8. The monoisotopic (exact) mass is 303 g/mol. The highest BCUT2D eigenvalue weighted by Gasteiger charge is 2.40. The SMILES string of the molecule is O=P(Oc1ccccc1)(Oc1ccccc1)C1CCCN1. The molecule has 1 aliphatic heterocycles. The van der Waals surface area contributed by atoms with E-state index in [-0.39, 0.29) is 5.78 Å². The normalized spacial score (nSPS) is 18.4. The first-order valence-corrected chi connectivity index (χ1v) is 8.70. The molecule has 4 nitrogen and oxygen atoms in total. The molecule has 1 atom stereocenters. The summed E-state index contributed by atoms with van der Waals surface area (Å²) in [6, 6.07) is 18.3. The number of para-hydroxylation sites is 2. The fourth-order valence-corrected chi connectivity index (χ4v) is 4.31. The molecule has 1 unspecified atom stereocenters. The molecule has 1 N–H and O–H groups in total. The van der Waals surface area contributed by atoms with Gasteiger partial charge in [-0.2, -0.15) is 0 Å². The van der Waals surface area contributed by atoms with Crippen LogP contribution in [0.3, 0.4) is 0 Å². The van der Waals surface area contributed by atoms with E-state index in [1.54, 1.807) is 24.3 Å². The van der Waals surface area contributed by atoms with Crippen LogP contribution in [0.5, 0.6) is 11.5 Å². The Morgan fingerprint density at radius 1 is 0.905 bits per heavy atom. The third kappa shape index (κ3) is 3.46. The Morgan fingerprint density at radius 3 is 1.86 bits per heavy atom. The first-order chi connectivity index (χ1) is 10.3. The minimum absolute atomic E-state index is 0.266. The van der Waals surface area contributed by atoms with Gasteiger partial charge in [-0.1, -0.05) is 36.4 Å². The van der Waals surface area contributed by atoms with Gasteiger partial charge >= 0.3 is 7.60 Å². The van der Waals surface area contributed by atoms with E-state index >= 15 is 0 Å². The molecular formula is C16H18NO3P. The third-order valence-electron chi connectivity index (χ3n) is 3.37. The average molecular weight is 303 g/mol. The van der Waals surface area contributed by atoms with Crippen LogP contribution in [0.4, 0.5) is 0 Å². The summed E-state index contributed by atoms with van der Waals surface area (Å²) in [5.41, 5.74) is 0. The summed E-state index contributed by atoms with van der Waals surface area (Å²) in [6.45, 7) is 0.838. The number of rotatable bonds is 5. The fraction of sp³-hybridized carbons (Fsp3) is 0.250. The lowest BCUT2D eigenvalue weighted by Gasteiger charge is -2.24. The lowest BCUT2D eigenvalue weighted by atomic mass is 10.3. The third-order valence-corrected chi connectivity index (χ3v) is 5.50. The highest BCUT2D eigenvalue weighted by molar-refractivity contribution is 7.55. The largest absolute Gasteiger partial charge is 0.447 e. The van der Waals surface area contributed by atoms with Crippen molar-refractivity contribution in [2.24, 2.45) is 0 Å². The molecule has 1 heterocycles. The fourth-order valence-electron chi connectivity index (χ4n) is 2.34. The van der Waals surface area contributed by atoms with Gasteiger partial charge in [0, 0.05) is 0 Å². The molecule has 0 aliphatic carbocycles. The lowest BCUT2D eigenvalue weighted by molar-refractivity contribution is 0.366. The molecule has 1 aliphatic rings. The molecule has 1 fully saturated rings. The number of nitrogens with one attached hydrogen (secondary N) is 1. The molecule has 110 valence electrons. The summed E-state index contributed by atoms with van der Waals surface area (Å²) in [5, 5.41) is 3.22. The van der Waals surface area contributed by atoms with Crippen LogP contribution < -0.4 is 14.4 Å². The summed E-state index contributed by atoms with van der Waals surface area (Å²) in [4.78, 5) is 0. The summed E-state index contributed by atoms with van der Waals surface area (Å²) in [6.07, 6.45) is 1.77. The maximum Gasteiger partial charge on any atom is 0.447 e. The van der Waals surface area contributed by atoms with Crippen molar-refractivity contribution in [1.29, 1.82) is 0 Å². The van der Waals surface area contributed by atoms with Gasteiger partial charge in [0.25, 0.3) is 0 Å². The van der Waals surface area contributed by atoms with Gasteiger partial charge in [0.05, 0.1) is 0 Å². The van der Waals surface area contributed by atoms with Crippen LogP contribution in [0.2, 0.25) is 0 Å². The second kappa shape index (κ2) is 6.33. The standard InChI is InChI=1S/C16H18NO3P/c18-21(16-12-7-13-17-16,19-14-8-3-1-4-9-14)20-15-10-5-2-6-11-15/h1-6,8-11,16-17H,7,12-13H2. The molecule has 1 saturated heterocycles. The van der Waals surface area contributed by atoms with Crippen molar-refractivity contribution in [2.45, 2.75) is 18.6 Å². The Bertz CT molecular complexity index is 566. The van der Waals surface area contributed by atoms with E-state index in [9.17, 15) is 4.57 Å². The highest BCUT2D eigenvalue weighted by Crippen LogP contribution is 2.54. The van der Waals surface area contributed by atoms with Gasteiger partial charge in [-0.25, -0.2) is 4.57 Å². The van der Waals surface area contributed by atoms with Crippen molar-refractivity contribution < 1.29 is 13.6 Å². The summed E-state index contributed by atoms with van der Waals surface area (Å²) >= 11 is 0. The van der Waals surface area contributed by atoms with E-state index < -0.39 is 7.60 Å². The maximum atomic E-state index is 13.2. The van der Waals surface area contributed by atoms with Crippen LogP contribution in [0.25, 0.3) is 0 Å². The summed E-state index contributed by atoms with van der Waals surface area (Å²) in [5.74, 6) is 0.855. The molecule has 21 heavy (non-hydrogen) atoms. The number of hydrogen-bond acceptors (Lipinski definition) is 4. The van der Waals surface area contributed by atoms with Gasteiger partial charge in [-0.3, -0.25) is 0 Å². The number of hydrogen-bond donors (Lipinski definition) is 1. The summed E-state index contributed by atoms with van der Waals surface area (Å²) in [7, 11) is -3.32. The zero-order chi connectivity index (χ0) is 14.5. The van der Waals surface area contributed by atoms with E-state index in [2.05, 4.69) is 5.32 Å². The minimum Gasteiger partial charge on any atom is -0.415 e. The zero-order valence-electron chi connectivity index (χ0n) is 11.6. The van der Waals surface area contributed by atoms with Crippen molar-refractivity contribution in [2.75, 3.05) is 6.54 Å². The van der Waals surface area contributed by atoms with Crippen LogP contribution in [0, 0.1) is 0 Å². The van der Waals surface area contributed by atoms with Crippen LogP contribution >= 0.6 is 7.60 Å². The molecule has 0 radical (unpaired) electrons. The van der Waals surface area contributed by atoms with E-state index in [1.807, 2.05) is 36.4 Å². The zero-order valence-corrected chi connectivity index (χ0v) is 12.5. The van der Waals surface area contributed by atoms with Crippen molar-refractivity contribution in [1.82, 2.24) is 5.32 Å². The van der Waals surface area contributed by atoms with Gasteiger partial charge in [-0.15, -0.1) is 0 Å². The molecule has 0 amide bonds. The molecule has 3 rings (SSSR count). The Morgan fingerprint density at radius 2 is 1.43 bits per heavy atom. The molecule has 0 saturated carbocycles. The smallest absolute Gasteiger partial charge is 0.415 e. The van der Waals surface area contributed by atoms with Gasteiger partial charge in [0.2, 0.25) is 0 Å². The minimum atomic E-state index is -3.32. The Balaban J connectivity index is 1.85. The maximum absolute atomic E-state index is 13.2. The van der Waals surface area contributed by atoms with Crippen molar-refractivity contribution in [3.63, 3.8) is 0 Å². The van der Waals surface area contributed by atoms with Crippen LogP contribution in [-0.4, -0.2) is 12.3 Å². The van der Waals surface area contributed by atoms with Gasteiger partial charge in [0.1, 0.15) is 17.3 Å². The predicted molar refractivity (Wildman–Crippen MR) is 82.8 cm³/mol. The topological polar surface area (TPSA) is 47.6 Å². The molecular weight excluding hydrogens is 285 g/mol. The molecule has 2 aromatic carbocycles. The van der Waals surface area contributed by atoms with Crippen molar-refractivity contribution in [3.05, 3.63) is 60.7 Å². The van der Waals surface area contributed by atoms with E-state index in [0.717, 1.165) is 19.4 Å². The molecule has 0 bridgehead atoms. The first-order valence-electron chi connectivity index (χ1n) is 7.09. The van der Waals surface area contributed by atoms with Gasteiger partial charge in [0.15, 0.2) is 0 Å². The van der Waals surface area contributed by atoms with E-state index in [4.69, 9.17) is 9.05 Å². The van der Waals surface area contributed by atoms with E-state index in [1.165, 1.54) is 0 Å². The molecule has 5 heteroatoms. The van der Waals surface area contributed by atoms with Crippen LogP contribution in [-0.2, 0) is 4.57 Å².